The van der Waals surface area contributed by atoms with E-state index < -0.39 is 11.7 Å². The predicted molar refractivity (Wildman–Crippen MR) is 108 cm³/mol. The summed E-state index contributed by atoms with van der Waals surface area (Å²) in [5.74, 6) is 5.50. The van der Waals surface area contributed by atoms with Crippen LogP contribution in [0.1, 0.15) is 22.5 Å². The first kappa shape index (κ1) is 17.2. The Morgan fingerprint density at radius 2 is 1.87 bits per heavy atom. The summed E-state index contributed by atoms with van der Waals surface area (Å²) in [6.45, 7) is 1.41. The van der Waals surface area contributed by atoms with Gasteiger partial charge in [-0.25, -0.2) is 4.39 Å². The second-order valence-electron chi connectivity index (χ2n) is 10.4. The number of hydrogen-bond donors (Lipinski definition) is 1. The number of fused-ring (bicyclic) bond motifs is 1. The zero-order valence-electron chi connectivity index (χ0n) is 16.6. The smallest absolute Gasteiger partial charge is 0.252 e. The van der Waals surface area contributed by atoms with E-state index in [2.05, 4.69) is 5.10 Å². The van der Waals surface area contributed by atoms with Crippen molar-refractivity contribution < 1.29 is 14.0 Å². The highest BCUT2D eigenvalue weighted by atomic mass is 35.5. The highest BCUT2D eigenvalue weighted by molar-refractivity contribution is 6.31. The number of amides is 2. The standard InChI is InChI=1S/C23H20ClFN4O2/c24-9-5-8(1-2-10(9)25)21-13(22(26)31)11-7-28(3-4-29(11)27-21)12(30)6-23-18-15-14-16(18)20(23)17(14)19(15)23/h1-2,5,14-20H,3-4,6-7H2,(H2,26,31). The summed E-state index contributed by atoms with van der Waals surface area (Å²) in [7, 11) is 0. The lowest BCUT2D eigenvalue weighted by atomic mass is 8.96. The fraction of sp³-hybridized carbons (Fsp3) is 0.522. The molecule has 0 bridgehead atoms. The number of rotatable bonds is 4. The molecule has 6 aliphatic carbocycles. The van der Waals surface area contributed by atoms with Crippen molar-refractivity contribution in [1.29, 1.82) is 0 Å². The van der Waals surface area contributed by atoms with Crippen LogP contribution >= 0.6 is 11.6 Å². The average Bonchev–Trinajstić information content (AvgIpc) is 3.15. The van der Waals surface area contributed by atoms with Gasteiger partial charge in [0.15, 0.2) is 0 Å². The van der Waals surface area contributed by atoms with Crippen LogP contribution in [0.2, 0.25) is 5.02 Å². The molecule has 2 amide bonds. The summed E-state index contributed by atoms with van der Waals surface area (Å²) < 4.78 is 15.4. The molecule has 0 radical (unpaired) electrons. The van der Waals surface area contributed by atoms with Crippen LogP contribution in [0.3, 0.4) is 0 Å². The third kappa shape index (κ3) is 1.59. The van der Waals surface area contributed by atoms with E-state index in [1.807, 2.05) is 4.90 Å². The number of nitrogens with zero attached hydrogens (tertiary/aromatic N) is 3. The van der Waals surface area contributed by atoms with Gasteiger partial charge in [0, 0.05) is 18.5 Å². The van der Waals surface area contributed by atoms with Gasteiger partial charge in [-0.2, -0.15) is 5.10 Å². The molecule has 1 aromatic carbocycles. The van der Waals surface area contributed by atoms with Crippen molar-refractivity contribution in [3.8, 4) is 11.3 Å². The Hall–Kier alpha value is -2.41. The number of nitrogens with two attached hydrogens (primary N) is 1. The van der Waals surface area contributed by atoms with Crippen molar-refractivity contribution >= 4 is 23.4 Å². The van der Waals surface area contributed by atoms with E-state index in [1.54, 1.807) is 4.68 Å². The van der Waals surface area contributed by atoms with Gasteiger partial charge in [-0.05, 0) is 65.0 Å². The molecule has 8 heteroatoms. The van der Waals surface area contributed by atoms with Gasteiger partial charge in [0.25, 0.3) is 5.91 Å². The van der Waals surface area contributed by atoms with Crippen LogP contribution in [0, 0.1) is 52.7 Å². The Bertz CT molecular complexity index is 1200. The minimum Gasteiger partial charge on any atom is -0.365 e. The SMILES string of the molecule is NC(=O)c1c(-c2ccc(F)c(Cl)c2)nn2c1CN(C(=O)CC13C4C5C6C4C1C6C53)CC2. The Kier molecular flexibility index (Phi) is 2.76. The molecule has 1 aliphatic heterocycles. The minimum atomic E-state index is -0.604. The molecule has 0 unspecified atom stereocenters. The van der Waals surface area contributed by atoms with Gasteiger partial charge in [-0.15, -0.1) is 0 Å². The molecule has 158 valence electrons. The minimum absolute atomic E-state index is 0.0379. The lowest BCUT2D eigenvalue weighted by Crippen LogP contribution is -3.05. The summed E-state index contributed by atoms with van der Waals surface area (Å²) in [5.41, 5.74) is 7.92. The Morgan fingerprint density at radius 3 is 2.52 bits per heavy atom. The van der Waals surface area contributed by atoms with Crippen LogP contribution < -0.4 is 5.73 Å². The van der Waals surface area contributed by atoms with Crippen LogP contribution in [0.4, 0.5) is 4.39 Å². The van der Waals surface area contributed by atoms with E-state index >= 15 is 0 Å². The van der Waals surface area contributed by atoms with E-state index in [9.17, 15) is 14.0 Å². The summed E-state index contributed by atoms with van der Waals surface area (Å²) in [6.07, 6.45) is 0.670. The first-order valence-corrected chi connectivity index (χ1v) is 11.4. The number of aromatic nitrogens is 2. The quantitative estimate of drug-likeness (QED) is 0.796. The lowest BCUT2D eigenvalue weighted by Gasteiger charge is -3.08. The van der Waals surface area contributed by atoms with Crippen LogP contribution in [0.5, 0.6) is 0 Å². The van der Waals surface area contributed by atoms with Gasteiger partial charge in [0.05, 0.1) is 29.4 Å². The molecule has 6 nitrogen and oxygen atoms in total. The molecular formula is C23H20ClFN4O2. The van der Waals surface area contributed by atoms with Crippen molar-refractivity contribution in [2.24, 2.45) is 52.6 Å². The van der Waals surface area contributed by atoms with Crippen molar-refractivity contribution in [3.63, 3.8) is 0 Å². The highest BCUT2D eigenvalue weighted by Crippen LogP contribution is 3.06. The zero-order valence-corrected chi connectivity index (χ0v) is 17.3. The van der Waals surface area contributed by atoms with Gasteiger partial charge in [-0.3, -0.25) is 14.3 Å². The zero-order chi connectivity index (χ0) is 21.0. The first-order chi connectivity index (χ1) is 14.9. The van der Waals surface area contributed by atoms with Crippen LogP contribution in [0.15, 0.2) is 18.2 Å². The van der Waals surface area contributed by atoms with Crippen molar-refractivity contribution in [2.75, 3.05) is 6.54 Å². The van der Waals surface area contributed by atoms with Crippen LogP contribution in [-0.2, 0) is 17.9 Å². The lowest BCUT2D eigenvalue weighted by molar-refractivity contribution is -0.613. The molecule has 2 heterocycles. The Balaban J connectivity index is 1.09. The number of benzene rings is 1. The maximum Gasteiger partial charge on any atom is 0.252 e. The van der Waals surface area contributed by atoms with Crippen molar-refractivity contribution in [3.05, 3.63) is 40.3 Å². The molecule has 0 spiro atoms. The normalized spacial score (nSPS) is 41.1. The molecule has 0 atom stereocenters. The number of carbonyl (C=O) groups is 2. The van der Waals surface area contributed by atoms with Gasteiger partial charge in [0.1, 0.15) is 11.5 Å². The fourth-order valence-corrected chi connectivity index (χ4v) is 9.21. The van der Waals surface area contributed by atoms with E-state index in [0.717, 1.165) is 41.4 Å². The Labute approximate surface area is 182 Å². The fourth-order valence-electron chi connectivity index (χ4n) is 9.03. The maximum absolute atomic E-state index is 13.6. The molecule has 1 aromatic heterocycles. The second kappa shape index (κ2) is 4.98. The van der Waals surface area contributed by atoms with Crippen molar-refractivity contribution in [2.45, 2.75) is 19.5 Å². The average molecular weight is 439 g/mol. The van der Waals surface area contributed by atoms with E-state index in [4.69, 9.17) is 17.3 Å². The first-order valence-electron chi connectivity index (χ1n) is 11.1. The van der Waals surface area contributed by atoms with Gasteiger partial charge >= 0.3 is 0 Å². The van der Waals surface area contributed by atoms with Crippen LogP contribution in [-0.4, -0.2) is 33.0 Å². The third-order valence-corrected chi connectivity index (χ3v) is 10.2. The number of carbonyl (C=O) groups excluding carboxylic acids is 2. The predicted octanol–water partition coefficient (Wildman–Crippen LogP) is 2.54. The van der Waals surface area contributed by atoms with Gasteiger partial charge in [-0.1, -0.05) is 11.6 Å². The molecule has 0 saturated heterocycles. The van der Waals surface area contributed by atoms with E-state index in [-0.39, 0.29) is 16.5 Å². The Morgan fingerprint density at radius 1 is 1.16 bits per heavy atom. The van der Waals surface area contributed by atoms with Gasteiger partial charge < -0.3 is 10.6 Å². The molecule has 6 saturated carbocycles. The van der Waals surface area contributed by atoms with Crippen LogP contribution in [0.25, 0.3) is 11.3 Å². The topological polar surface area (TPSA) is 81.2 Å². The van der Waals surface area contributed by atoms with Gasteiger partial charge in [0.2, 0.25) is 5.91 Å². The number of hydrogen-bond acceptors (Lipinski definition) is 3. The molecule has 9 rings (SSSR count). The second-order valence-corrected chi connectivity index (χ2v) is 10.8. The highest BCUT2D eigenvalue weighted by Gasteiger charge is 3.03. The third-order valence-electron chi connectivity index (χ3n) is 9.91. The summed E-state index contributed by atoms with van der Waals surface area (Å²) in [5, 5.41) is 4.53. The summed E-state index contributed by atoms with van der Waals surface area (Å²) in [4.78, 5) is 27.5. The molecule has 31 heavy (non-hydrogen) atoms. The number of primary amides is 1. The van der Waals surface area contributed by atoms with E-state index in [0.29, 0.717) is 48.4 Å². The summed E-state index contributed by atoms with van der Waals surface area (Å²) in [6, 6.07) is 4.24. The maximum atomic E-state index is 13.6. The molecular weight excluding hydrogens is 419 g/mol. The monoisotopic (exact) mass is 438 g/mol. The largest absolute Gasteiger partial charge is 0.365 e. The molecule has 2 N–H and O–H groups in total. The van der Waals surface area contributed by atoms with E-state index in [1.165, 1.54) is 18.2 Å². The molecule has 7 aliphatic rings. The molecule has 2 aromatic rings. The summed E-state index contributed by atoms with van der Waals surface area (Å²) >= 11 is 5.94. The molecule has 6 fully saturated rings. The van der Waals surface area contributed by atoms with Crippen molar-refractivity contribution in [1.82, 2.24) is 14.7 Å². The number of halogens is 2.